The Morgan fingerprint density at radius 2 is 1.95 bits per heavy atom. The third-order valence-corrected chi connectivity index (χ3v) is 5.18. The lowest BCUT2D eigenvalue weighted by molar-refractivity contribution is 0.411. The molecule has 0 unspecified atom stereocenters. The maximum atomic E-state index is 12.3. The summed E-state index contributed by atoms with van der Waals surface area (Å²) in [5.74, 6) is 0.582. The van der Waals surface area contributed by atoms with Gasteiger partial charge in [-0.25, -0.2) is 8.42 Å². The molecule has 2 aromatic rings. The Balaban J connectivity index is 2.33. The first kappa shape index (κ1) is 15.6. The molecule has 0 saturated carbocycles. The molecule has 0 amide bonds. The van der Waals surface area contributed by atoms with Crippen molar-refractivity contribution >= 4 is 54.2 Å². The van der Waals surface area contributed by atoms with E-state index < -0.39 is 10.0 Å². The van der Waals surface area contributed by atoms with Crippen LogP contribution in [0.2, 0.25) is 0 Å². The van der Waals surface area contributed by atoms with Crippen LogP contribution in [0, 0.1) is 3.57 Å². The minimum absolute atomic E-state index is 0.170. The average molecular weight is 468 g/mol. The molecular formula is C13H11BrINO3S. The van der Waals surface area contributed by atoms with E-state index in [2.05, 4.69) is 43.2 Å². The maximum absolute atomic E-state index is 12.3. The Hall–Kier alpha value is -0.800. The van der Waals surface area contributed by atoms with Crippen LogP contribution in [0.5, 0.6) is 5.75 Å². The van der Waals surface area contributed by atoms with Crippen LogP contribution in [0.1, 0.15) is 0 Å². The van der Waals surface area contributed by atoms with Crippen molar-refractivity contribution in [3.63, 3.8) is 0 Å². The summed E-state index contributed by atoms with van der Waals surface area (Å²) in [7, 11) is -2.09. The number of sulfonamides is 1. The van der Waals surface area contributed by atoms with Crippen molar-refractivity contribution in [1.82, 2.24) is 0 Å². The number of methoxy groups -OCH3 is 1. The second kappa shape index (κ2) is 6.31. The van der Waals surface area contributed by atoms with Crippen molar-refractivity contribution in [2.45, 2.75) is 4.90 Å². The van der Waals surface area contributed by atoms with E-state index in [1.165, 1.54) is 19.2 Å². The van der Waals surface area contributed by atoms with Crippen molar-refractivity contribution < 1.29 is 13.2 Å². The highest BCUT2D eigenvalue weighted by Gasteiger charge is 2.16. The van der Waals surface area contributed by atoms with Crippen LogP contribution in [-0.2, 0) is 10.0 Å². The molecular weight excluding hydrogens is 457 g/mol. The van der Waals surface area contributed by atoms with Crippen molar-refractivity contribution in [1.29, 1.82) is 0 Å². The third kappa shape index (κ3) is 3.64. The summed E-state index contributed by atoms with van der Waals surface area (Å²) in [6.45, 7) is 0. The van der Waals surface area contributed by atoms with E-state index in [0.29, 0.717) is 15.9 Å². The van der Waals surface area contributed by atoms with Crippen molar-refractivity contribution in [3.8, 4) is 5.75 Å². The topological polar surface area (TPSA) is 55.4 Å². The number of halogens is 2. The van der Waals surface area contributed by atoms with Crippen LogP contribution in [-0.4, -0.2) is 15.5 Å². The van der Waals surface area contributed by atoms with Gasteiger partial charge in [0.05, 0.1) is 16.5 Å². The molecule has 0 aliphatic heterocycles. The molecule has 2 rings (SSSR count). The molecule has 4 nitrogen and oxygen atoms in total. The second-order valence-corrected chi connectivity index (χ2v) is 7.69. The quantitative estimate of drug-likeness (QED) is 0.694. The fourth-order valence-electron chi connectivity index (χ4n) is 1.58. The lowest BCUT2D eigenvalue weighted by Crippen LogP contribution is -2.13. The van der Waals surface area contributed by atoms with E-state index in [-0.39, 0.29) is 4.90 Å². The van der Waals surface area contributed by atoms with Gasteiger partial charge < -0.3 is 4.74 Å². The van der Waals surface area contributed by atoms with Gasteiger partial charge in [-0.2, -0.15) is 0 Å². The van der Waals surface area contributed by atoms with Crippen LogP contribution in [0.4, 0.5) is 5.69 Å². The average Bonchev–Trinajstić information content (AvgIpc) is 2.38. The molecule has 0 aliphatic carbocycles. The number of nitrogens with one attached hydrogen (secondary N) is 1. The number of rotatable bonds is 4. The lowest BCUT2D eigenvalue weighted by Gasteiger charge is -2.10. The van der Waals surface area contributed by atoms with Crippen LogP contribution in [0.25, 0.3) is 0 Å². The van der Waals surface area contributed by atoms with Crippen LogP contribution >= 0.6 is 38.5 Å². The second-order valence-electron chi connectivity index (χ2n) is 3.91. The maximum Gasteiger partial charge on any atom is 0.261 e. The molecule has 20 heavy (non-hydrogen) atoms. The highest BCUT2D eigenvalue weighted by atomic mass is 127. The molecule has 0 aliphatic rings. The largest absolute Gasteiger partial charge is 0.496 e. The summed E-state index contributed by atoms with van der Waals surface area (Å²) in [6, 6.07) is 11.8. The Morgan fingerprint density at radius 3 is 2.55 bits per heavy atom. The predicted octanol–water partition coefficient (Wildman–Crippen LogP) is 3.86. The van der Waals surface area contributed by atoms with Crippen molar-refractivity contribution in [2.75, 3.05) is 11.8 Å². The molecule has 0 bridgehead atoms. The SMILES string of the molecule is COc1ccc(S(=O)(=O)Nc2cccc(I)c2)cc1Br. The van der Waals surface area contributed by atoms with Gasteiger partial charge in [-0.1, -0.05) is 6.07 Å². The number of benzene rings is 2. The molecule has 106 valence electrons. The van der Waals surface area contributed by atoms with E-state index in [1.54, 1.807) is 24.3 Å². The minimum Gasteiger partial charge on any atom is -0.496 e. The zero-order valence-corrected chi connectivity index (χ0v) is 15.0. The fourth-order valence-corrected chi connectivity index (χ4v) is 3.89. The van der Waals surface area contributed by atoms with Crippen LogP contribution < -0.4 is 9.46 Å². The highest BCUT2D eigenvalue weighted by Crippen LogP contribution is 2.28. The smallest absolute Gasteiger partial charge is 0.261 e. The van der Waals surface area contributed by atoms with Gasteiger partial charge in [-0.05, 0) is 74.9 Å². The first-order chi connectivity index (χ1) is 9.42. The first-order valence-electron chi connectivity index (χ1n) is 5.54. The summed E-state index contributed by atoms with van der Waals surface area (Å²) in [4.78, 5) is 0.170. The van der Waals surface area contributed by atoms with Gasteiger partial charge in [0.25, 0.3) is 10.0 Å². The van der Waals surface area contributed by atoms with E-state index in [1.807, 2.05) is 6.07 Å². The molecule has 0 aromatic heterocycles. The number of ether oxygens (including phenoxy) is 1. The number of hydrogen-bond acceptors (Lipinski definition) is 3. The summed E-state index contributed by atoms with van der Waals surface area (Å²) in [6.07, 6.45) is 0. The first-order valence-corrected chi connectivity index (χ1v) is 8.90. The van der Waals surface area contributed by atoms with E-state index >= 15 is 0 Å². The molecule has 0 spiro atoms. The van der Waals surface area contributed by atoms with Gasteiger partial charge in [-0.15, -0.1) is 0 Å². The summed E-state index contributed by atoms with van der Waals surface area (Å²) >= 11 is 5.41. The third-order valence-electron chi connectivity index (χ3n) is 2.51. The predicted molar refractivity (Wildman–Crippen MR) is 90.7 cm³/mol. The van der Waals surface area contributed by atoms with Gasteiger partial charge in [0.15, 0.2) is 0 Å². The van der Waals surface area contributed by atoms with E-state index in [9.17, 15) is 8.42 Å². The normalized spacial score (nSPS) is 11.2. The molecule has 7 heteroatoms. The van der Waals surface area contributed by atoms with Crippen molar-refractivity contribution in [2.24, 2.45) is 0 Å². The molecule has 0 radical (unpaired) electrons. The number of anilines is 1. The zero-order valence-electron chi connectivity index (χ0n) is 10.4. The molecule has 1 N–H and O–H groups in total. The summed E-state index contributed by atoms with van der Waals surface area (Å²) in [5.41, 5.74) is 0.531. The molecule has 0 atom stereocenters. The Morgan fingerprint density at radius 1 is 1.20 bits per heavy atom. The van der Waals surface area contributed by atoms with Gasteiger partial charge >= 0.3 is 0 Å². The Labute approximate surface area is 139 Å². The van der Waals surface area contributed by atoms with Gasteiger partial charge in [0.1, 0.15) is 5.75 Å². The number of hydrogen-bond donors (Lipinski definition) is 1. The molecule has 2 aromatic carbocycles. The van der Waals surface area contributed by atoms with Crippen molar-refractivity contribution in [3.05, 3.63) is 50.5 Å². The van der Waals surface area contributed by atoms with E-state index in [4.69, 9.17) is 4.74 Å². The highest BCUT2D eigenvalue weighted by molar-refractivity contribution is 14.1. The molecule has 0 heterocycles. The Kier molecular flexibility index (Phi) is 4.92. The van der Waals surface area contributed by atoms with Gasteiger partial charge in [0, 0.05) is 9.26 Å². The molecule has 0 saturated heterocycles. The van der Waals surface area contributed by atoms with Gasteiger partial charge in [0.2, 0.25) is 0 Å². The fraction of sp³-hybridized carbons (Fsp3) is 0.0769. The standard InChI is InChI=1S/C13H11BrINO3S/c1-19-13-6-5-11(8-12(13)14)20(17,18)16-10-4-2-3-9(15)7-10/h2-8,16H,1H3. The summed E-state index contributed by atoms with van der Waals surface area (Å²) in [5, 5.41) is 0. The van der Waals surface area contributed by atoms with E-state index in [0.717, 1.165) is 3.57 Å². The van der Waals surface area contributed by atoms with Crippen LogP contribution in [0.3, 0.4) is 0 Å². The minimum atomic E-state index is -3.62. The monoisotopic (exact) mass is 467 g/mol. The van der Waals surface area contributed by atoms with Gasteiger partial charge in [-0.3, -0.25) is 4.72 Å². The Bertz CT molecular complexity index is 734. The van der Waals surface area contributed by atoms with Crippen LogP contribution in [0.15, 0.2) is 51.8 Å². The lowest BCUT2D eigenvalue weighted by atomic mass is 10.3. The zero-order chi connectivity index (χ0) is 14.8. The summed E-state index contributed by atoms with van der Waals surface area (Å²) < 4.78 is 33.8. The molecule has 0 fully saturated rings.